The summed E-state index contributed by atoms with van der Waals surface area (Å²) in [7, 11) is 1.74. The highest BCUT2D eigenvalue weighted by atomic mass is 35.5. The molecule has 22 heavy (non-hydrogen) atoms. The summed E-state index contributed by atoms with van der Waals surface area (Å²) in [6.07, 6.45) is 1.70. The monoisotopic (exact) mass is 343 g/mol. The molecule has 1 aromatic heterocycles. The maximum absolute atomic E-state index is 12.1. The van der Waals surface area contributed by atoms with Gasteiger partial charge in [0.1, 0.15) is 6.26 Å². The minimum atomic E-state index is -0.0380. The van der Waals surface area contributed by atoms with E-state index >= 15 is 0 Å². The predicted molar refractivity (Wildman–Crippen MR) is 89.2 cm³/mol. The van der Waals surface area contributed by atoms with E-state index in [1.165, 1.54) is 6.26 Å². The fourth-order valence-electron chi connectivity index (χ4n) is 1.80. The molecule has 0 aliphatic rings. The van der Waals surface area contributed by atoms with Crippen molar-refractivity contribution in [3.8, 4) is 11.5 Å². The molecule has 2 aromatic rings. The Labute approximate surface area is 140 Å². The number of benzene rings is 1. The lowest BCUT2D eigenvalue weighted by atomic mass is 10.2. The number of oxazole rings is 1. The molecule has 0 spiro atoms. The van der Waals surface area contributed by atoms with E-state index in [9.17, 15) is 4.79 Å². The molecule has 0 aliphatic carbocycles. The van der Waals surface area contributed by atoms with Gasteiger partial charge >= 0.3 is 0 Å². The zero-order valence-corrected chi connectivity index (χ0v) is 14.0. The van der Waals surface area contributed by atoms with Crippen molar-refractivity contribution >= 4 is 29.9 Å². The van der Waals surface area contributed by atoms with Crippen LogP contribution in [-0.2, 0) is 11.2 Å². The highest BCUT2D eigenvalue weighted by Gasteiger charge is 2.17. The Hall–Kier alpha value is -1.56. The van der Waals surface area contributed by atoms with E-state index in [4.69, 9.17) is 21.8 Å². The van der Waals surface area contributed by atoms with Crippen LogP contribution in [-0.4, -0.2) is 35.4 Å². The first kappa shape index (κ1) is 18.5. The molecule has 120 valence electrons. The first-order valence-corrected chi connectivity index (χ1v) is 7.05. The van der Waals surface area contributed by atoms with E-state index in [1.54, 1.807) is 24.1 Å². The summed E-state index contributed by atoms with van der Waals surface area (Å²) in [5, 5.41) is 0.651. The molecule has 0 saturated carbocycles. The van der Waals surface area contributed by atoms with Crippen LogP contribution >= 0.6 is 24.0 Å². The van der Waals surface area contributed by atoms with Crippen molar-refractivity contribution in [3.63, 3.8) is 0 Å². The molecule has 2 N–H and O–H groups in total. The Kier molecular flexibility index (Phi) is 6.87. The van der Waals surface area contributed by atoms with Gasteiger partial charge in [-0.15, -0.1) is 12.4 Å². The fraction of sp³-hybridized carbons (Fsp3) is 0.333. The number of amides is 1. The minimum Gasteiger partial charge on any atom is -0.444 e. The van der Waals surface area contributed by atoms with Gasteiger partial charge in [-0.3, -0.25) is 4.79 Å². The SMILES string of the molecule is CC(CN)N(C)C(=O)Cc1coc(-c2ccc(Cl)cc2)n1.Cl. The zero-order chi connectivity index (χ0) is 15.4. The number of carbonyl (C=O) groups excluding carboxylic acids is 1. The third kappa shape index (κ3) is 4.47. The fourth-order valence-corrected chi connectivity index (χ4v) is 1.92. The van der Waals surface area contributed by atoms with E-state index in [1.807, 2.05) is 19.1 Å². The quantitative estimate of drug-likeness (QED) is 0.905. The standard InChI is InChI=1S/C15H18ClN3O2.ClH/c1-10(8-17)19(2)14(20)7-13-9-21-15(18-13)11-3-5-12(16)6-4-11;/h3-6,9-10H,7-8,17H2,1-2H3;1H. The van der Waals surface area contributed by atoms with E-state index < -0.39 is 0 Å². The lowest BCUT2D eigenvalue weighted by Crippen LogP contribution is -2.40. The van der Waals surface area contributed by atoms with Crippen LogP contribution < -0.4 is 5.73 Å². The van der Waals surface area contributed by atoms with E-state index in [0.717, 1.165) is 5.56 Å². The maximum atomic E-state index is 12.1. The van der Waals surface area contributed by atoms with Gasteiger partial charge < -0.3 is 15.1 Å². The molecule has 1 atom stereocenters. The number of rotatable bonds is 5. The van der Waals surface area contributed by atoms with Crippen LogP contribution in [0.15, 0.2) is 34.9 Å². The molecule has 1 aromatic carbocycles. The van der Waals surface area contributed by atoms with E-state index in [-0.39, 0.29) is 30.8 Å². The van der Waals surface area contributed by atoms with Gasteiger partial charge in [-0.1, -0.05) is 11.6 Å². The van der Waals surface area contributed by atoms with Gasteiger partial charge in [0.05, 0.1) is 12.1 Å². The zero-order valence-electron chi connectivity index (χ0n) is 12.5. The van der Waals surface area contributed by atoms with Crippen LogP contribution in [0.1, 0.15) is 12.6 Å². The molecule has 0 bridgehead atoms. The molecule has 2 rings (SSSR count). The van der Waals surface area contributed by atoms with Crippen LogP contribution in [0.5, 0.6) is 0 Å². The molecule has 7 heteroatoms. The lowest BCUT2D eigenvalue weighted by Gasteiger charge is -2.23. The summed E-state index contributed by atoms with van der Waals surface area (Å²) < 4.78 is 5.41. The molecule has 1 amide bonds. The second kappa shape index (κ2) is 8.17. The Bertz CT molecular complexity index is 614. The number of carbonyl (C=O) groups is 1. The molecule has 5 nitrogen and oxygen atoms in total. The third-order valence-corrected chi connectivity index (χ3v) is 3.62. The third-order valence-electron chi connectivity index (χ3n) is 3.37. The number of hydrogen-bond acceptors (Lipinski definition) is 4. The summed E-state index contributed by atoms with van der Waals surface area (Å²) in [4.78, 5) is 18.0. The number of likely N-dealkylation sites (N-methyl/N-ethyl adjacent to an activating group) is 1. The summed E-state index contributed by atoms with van der Waals surface area (Å²) in [5.41, 5.74) is 6.98. The van der Waals surface area contributed by atoms with E-state index in [0.29, 0.717) is 23.2 Å². The molecule has 1 unspecified atom stereocenters. The molecule has 0 radical (unpaired) electrons. The molecule has 0 aliphatic heterocycles. The van der Waals surface area contributed by atoms with Crippen LogP contribution in [0.4, 0.5) is 0 Å². The maximum Gasteiger partial charge on any atom is 0.228 e. The highest BCUT2D eigenvalue weighted by molar-refractivity contribution is 6.30. The van der Waals surface area contributed by atoms with Crippen molar-refractivity contribution in [1.82, 2.24) is 9.88 Å². The van der Waals surface area contributed by atoms with Crippen LogP contribution in [0.3, 0.4) is 0 Å². The molecule has 0 fully saturated rings. The summed E-state index contributed by atoms with van der Waals surface area (Å²) in [5.74, 6) is 0.438. The highest BCUT2D eigenvalue weighted by Crippen LogP contribution is 2.21. The number of hydrogen-bond donors (Lipinski definition) is 1. The number of nitrogens with two attached hydrogens (primary N) is 1. The molecular formula is C15H19Cl2N3O2. The smallest absolute Gasteiger partial charge is 0.228 e. The molecular weight excluding hydrogens is 325 g/mol. The van der Waals surface area contributed by atoms with Gasteiger partial charge in [0.15, 0.2) is 0 Å². The summed E-state index contributed by atoms with van der Waals surface area (Å²) in [6.45, 7) is 2.33. The average Bonchev–Trinajstić information content (AvgIpc) is 2.94. The average molecular weight is 344 g/mol. The molecule has 0 saturated heterocycles. The Morgan fingerprint density at radius 1 is 1.41 bits per heavy atom. The second-order valence-corrected chi connectivity index (χ2v) is 5.35. The van der Waals surface area contributed by atoms with Crippen molar-refractivity contribution in [2.75, 3.05) is 13.6 Å². The predicted octanol–water partition coefficient (Wildman–Crippen LogP) is 2.76. The van der Waals surface area contributed by atoms with Gasteiger partial charge in [0.2, 0.25) is 11.8 Å². The van der Waals surface area contributed by atoms with Crippen molar-refractivity contribution in [2.24, 2.45) is 5.73 Å². The number of halogens is 2. The van der Waals surface area contributed by atoms with Crippen molar-refractivity contribution in [3.05, 3.63) is 41.2 Å². The Balaban J connectivity index is 0.00000242. The van der Waals surface area contributed by atoms with Gasteiger partial charge in [0, 0.05) is 30.2 Å². The van der Waals surface area contributed by atoms with Gasteiger partial charge in [0.25, 0.3) is 0 Å². The van der Waals surface area contributed by atoms with E-state index in [2.05, 4.69) is 4.98 Å². The minimum absolute atomic E-state index is 0. The van der Waals surface area contributed by atoms with Crippen LogP contribution in [0, 0.1) is 0 Å². The van der Waals surface area contributed by atoms with Crippen molar-refractivity contribution in [2.45, 2.75) is 19.4 Å². The number of nitrogens with zero attached hydrogens (tertiary/aromatic N) is 2. The van der Waals surface area contributed by atoms with Gasteiger partial charge in [-0.05, 0) is 31.2 Å². The Morgan fingerprint density at radius 3 is 2.64 bits per heavy atom. The van der Waals surface area contributed by atoms with Gasteiger partial charge in [-0.25, -0.2) is 4.98 Å². The van der Waals surface area contributed by atoms with Crippen LogP contribution in [0.2, 0.25) is 5.02 Å². The summed E-state index contributed by atoms with van der Waals surface area (Å²) in [6, 6.07) is 7.18. The van der Waals surface area contributed by atoms with Crippen LogP contribution in [0.25, 0.3) is 11.5 Å². The summed E-state index contributed by atoms with van der Waals surface area (Å²) >= 11 is 5.84. The van der Waals surface area contributed by atoms with Gasteiger partial charge in [-0.2, -0.15) is 0 Å². The molecule has 1 heterocycles. The first-order valence-electron chi connectivity index (χ1n) is 6.67. The largest absolute Gasteiger partial charge is 0.444 e. The topological polar surface area (TPSA) is 72.4 Å². The van der Waals surface area contributed by atoms with Crippen molar-refractivity contribution < 1.29 is 9.21 Å². The first-order chi connectivity index (χ1) is 10.0. The number of aromatic nitrogens is 1. The lowest BCUT2D eigenvalue weighted by molar-refractivity contribution is -0.130. The Morgan fingerprint density at radius 2 is 2.05 bits per heavy atom. The second-order valence-electron chi connectivity index (χ2n) is 4.92. The van der Waals surface area contributed by atoms with Crippen molar-refractivity contribution in [1.29, 1.82) is 0 Å². The normalized spacial score (nSPS) is 11.6.